The SMILES string of the molecule is CCSCc1ccc(C(=O)Nc2cc(C(=O)O)cc(OC)c2OC)cc1. The van der Waals surface area contributed by atoms with E-state index in [2.05, 4.69) is 12.2 Å². The molecule has 0 aromatic heterocycles. The third kappa shape index (κ3) is 4.70. The molecule has 0 unspecified atom stereocenters. The summed E-state index contributed by atoms with van der Waals surface area (Å²) < 4.78 is 10.4. The lowest BCUT2D eigenvalue weighted by Gasteiger charge is -2.15. The van der Waals surface area contributed by atoms with E-state index < -0.39 is 5.97 Å². The van der Waals surface area contributed by atoms with Crippen LogP contribution in [0, 0.1) is 0 Å². The van der Waals surface area contributed by atoms with Gasteiger partial charge < -0.3 is 19.9 Å². The molecule has 1 amide bonds. The number of hydrogen-bond donors (Lipinski definition) is 2. The van der Waals surface area contributed by atoms with Crippen LogP contribution in [-0.4, -0.2) is 37.0 Å². The van der Waals surface area contributed by atoms with Crippen LogP contribution in [0.1, 0.15) is 33.2 Å². The summed E-state index contributed by atoms with van der Waals surface area (Å²) in [5.74, 6) is 0.937. The van der Waals surface area contributed by atoms with E-state index in [1.807, 2.05) is 12.1 Å². The van der Waals surface area contributed by atoms with Gasteiger partial charge in [-0.3, -0.25) is 4.79 Å². The fourth-order valence-electron chi connectivity index (χ4n) is 2.35. The van der Waals surface area contributed by atoms with E-state index in [0.29, 0.717) is 5.56 Å². The Bertz CT molecular complexity index is 789. The van der Waals surface area contributed by atoms with Crippen molar-refractivity contribution in [2.75, 3.05) is 25.3 Å². The largest absolute Gasteiger partial charge is 0.493 e. The van der Waals surface area contributed by atoms with Crippen molar-refractivity contribution in [3.63, 3.8) is 0 Å². The van der Waals surface area contributed by atoms with Crippen LogP contribution in [0.3, 0.4) is 0 Å². The molecule has 2 rings (SSSR count). The third-order valence-corrected chi connectivity index (χ3v) is 4.61. The van der Waals surface area contributed by atoms with Gasteiger partial charge in [-0.05, 0) is 35.6 Å². The molecule has 0 aliphatic heterocycles. The van der Waals surface area contributed by atoms with E-state index in [-0.39, 0.29) is 28.7 Å². The maximum atomic E-state index is 12.5. The first kappa shape index (κ1) is 19.7. The molecule has 0 radical (unpaired) electrons. The minimum atomic E-state index is -1.13. The number of carbonyl (C=O) groups is 2. The number of carbonyl (C=O) groups excluding carboxylic acids is 1. The molecule has 6 nitrogen and oxygen atoms in total. The molecule has 0 saturated carbocycles. The lowest BCUT2D eigenvalue weighted by molar-refractivity contribution is 0.0696. The van der Waals surface area contributed by atoms with Crippen molar-refractivity contribution < 1.29 is 24.2 Å². The Balaban J connectivity index is 2.27. The molecular formula is C19H21NO5S. The summed E-state index contributed by atoms with van der Waals surface area (Å²) >= 11 is 1.80. The van der Waals surface area contributed by atoms with Crippen LogP contribution in [0.15, 0.2) is 36.4 Å². The summed E-state index contributed by atoms with van der Waals surface area (Å²) in [5.41, 5.74) is 1.84. The number of rotatable bonds is 8. The van der Waals surface area contributed by atoms with Crippen LogP contribution in [0.5, 0.6) is 11.5 Å². The van der Waals surface area contributed by atoms with Gasteiger partial charge in [-0.2, -0.15) is 11.8 Å². The summed E-state index contributed by atoms with van der Waals surface area (Å²) in [7, 11) is 2.83. The maximum absolute atomic E-state index is 12.5. The molecule has 0 saturated heterocycles. The standard InChI is InChI=1S/C19H21NO5S/c1-4-26-11-12-5-7-13(8-6-12)18(21)20-15-9-14(19(22)23)10-16(24-2)17(15)25-3/h5-10H,4,11H2,1-3H3,(H,20,21)(H,22,23). The molecule has 0 spiro atoms. The normalized spacial score (nSPS) is 10.3. The van der Waals surface area contributed by atoms with Crippen LogP contribution >= 0.6 is 11.8 Å². The highest BCUT2D eigenvalue weighted by molar-refractivity contribution is 7.98. The predicted molar refractivity (Wildman–Crippen MR) is 103 cm³/mol. The molecule has 2 aromatic rings. The van der Waals surface area contributed by atoms with Crippen molar-refractivity contribution in [3.05, 3.63) is 53.1 Å². The van der Waals surface area contributed by atoms with Gasteiger partial charge in [-0.25, -0.2) is 4.79 Å². The average molecular weight is 375 g/mol. The molecule has 2 aromatic carbocycles. The van der Waals surface area contributed by atoms with Gasteiger partial charge in [0.15, 0.2) is 11.5 Å². The minimum Gasteiger partial charge on any atom is -0.493 e. The number of ether oxygens (including phenoxy) is 2. The van der Waals surface area contributed by atoms with E-state index in [0.717, 1.165) is 17.1 Å². The lowest BCUT2D eigenvalue weighted by Crippen LogP contribution is -2.14. The zero-order valence-electron chi connectivity index (χ0n) is 14.9. The number of aromatic carboxylic acids is 1. The van der Waals surface area contributed by atoms with Gasteiger partial charge in [-0.1, -0.05) is 19.1 Å². The van der Waals surface area contributed by atoms with Crippen molar-refractivity contribution in [3.8, 4) is 11.5 Å². The highest BCUT2D eigenvalue weighted by atomic mass is 32.2. The van der Waals surface area contributed by atoms with Crippen LogP contribution in [-0.2, 0) is 5.75 Å². The van der Waals surface area contributed by atoms with Crippen LogP contribution in [0.4, 0.5) is 5.69 Å². The number of benzene rings is 2. The fraction of sp³-hybridized carbons (Fsp3) is 0.263. The first-order chi connectivity index (χ1) is 12.5. The highest BCUT2D eigenvalue weighted by Crippen LogP contribution is 2.37. The Hall–Kier alpha value is -2.67. The summed E-state index contributed by atoms with van der Waals surface area (Å²) in [6.45, 7) is 2.10. The number of methoxy groups -OCH3 is 2. The summed E-state index contributed by atoms with van der Waals surface area (Å²) in [6, 6.07) is 9.98. The van der Waals surface area contributed by atoms with Crippen LogP contribution in [0.25, 0.3) is 0 Å². The van der Waals surface area contributed by atoms with E-state index in [1.165, 1.54) is 26.4 Å². The molecule has 26 heavy (non-hydrogen) atoms. The number of hydrogen-bond acceptors (Lipinski definition) is 5. The fourth-order valence-corrected chi connectivity index (χ4v) is 2.98. The van der Waals surface area contributed by atoms with Gasteiger partial charge >= 0.3 is 5.97 Å². The smallest absolute Gasteiger partial charge is 0.335 e. The quantitative estimate of drug-likeness (QED) is 0.728. The third-order valence-electron chi connectivity index (χ3n) is 3.66. The zero-order valence-corrected chi connectivity index (χ0v) is 15.7. The van der Waals surface area contributed by atoms with Crippen molar-refractivity contribution in [2.24, 2.45) is 0 Å². The van der Waals surface area contributed by atoms with Gasteiger partial charge in [0.25, 0.3) is 5.91 Å². The zero-order chi connectivity index (χ0) is 19.1. The molecule has 0 aliphatic carbocycles. The number of carboxylic acids is 1. The maximum Gasteiger partial charge on any atom is 0.335 e. The second kappa shape index (κ2) is 9.15. The first-order valence-corrected chi connectivity index (χ1v) is 9.13. The Kier molecular flexibility index (Phi) is 6.91. The molecule has 0 atom stereocenters. The molecule has 0 aliphatic rings. The van der Waals surface area contributed by atoms with E-state index >= 15 is 0 Å². The number of carboxylic acid groups (broad SMARTS) is 1. The van der Waals surface area contributed by atoms with Crippen LogP contribution in [0.2, 0.25) is 0 Å². The molecule has 0 bridgehead atoms. The molecule has 0 fully saturated rings. The van der Waals surface area contributed by atoms with Gasteiger partial charge in [0.05, 0.1) is 25.5 Å². The van der Waals surface area contributed by atoms with Crippen molar-refractivity contribution in [2.45, 2.75) is 12.7 Å². The van der Waals surface area contributed by atoms with Crippen LogP contribution < -0.4 is 14.8 Å². The number of nitrogens with one attached hydrogen (secondary N) is 1. The summed E-state index contributed by atoms with van der Waals surface area (Å²) in [6.07, 6.45) is 0. The van der Waals surface area contributed by atoms with E-state index in [1.54, 1.807) is 23.9 Å². The summed E-state index contributed by atoms with van der Waals surface area (Å²) in [4.78, 5) is 23.8. The van der Waals surface area contributed by atoms with Crippen molar-refractivity contribution in [1.82, 2.24) is 0 Å². The van der Waals surface area contributed by atoms with E-state index in [4.69, 9.17) is 9.47 Å². The second-order valence-electron chi connectivity index (χ2n) is 5.35. The Morgan fingerprint density at radius 2 is 1.77 bits per heavy atom. The predicted octanol–water partition coefficient (Wildman–Crippen LogP) is 3.91. The Labute approximate surface area is 156 Å². The van der Waals surface area contributed by atoms with Crippen molar-refractivity contribution >= 4 is 29.3 Å². The first-order valence-electron chi connectivity index (χ1n) is 7.97. The molecule has 2 N–H and O–H groups in total. The topological polar surface area (TPSA) is 84.9 Å². The molecule has 0 heterocycles. The second-order valence-corrected chi connectivity index (χ2v) is 6.63. The molecular weight excluding hydrogens is 354 g/mol. The average Bonchev–Trinajstić information content (AvgIpc) is 2.65. The van der Waals surface area contributed by atoms with Gasteiger partial charge in [-0.15, -0.1) is 0 Å². The van der Waals surface area contributed by atoms with E-state index in [9.17, 15) is 14.7 Å². The molecule has 138 valence electrons. The number of anilines is 1. The van der Waals surface area contributed by atoms with Gasteiger partial charge in [0.1, 0.15) is 0 Å². The van der Waals surface area contributed by atoms with Gasteiger partial charge in [0.2, 0.25) is 0 Å². The Morgan fingerprint density at radius 3 is 2.31 bits per heavy atom. The van der Waals surface area contributed by atoms with Crippen molar-refractivity contribution in [1.29, 1.82) is 0 Å². The molecule has 7 heteroatoms. The highest BCUT2D eigenvalue weighted by Gasteiger charge is 2.18. The van der Waals surface area contributed by atoms with Gasteiger partial charge in [0, 0.05) is 11.3 Å². The monoisotopic (exact) mass is 375 g/mol. The minimum absolute atomic E-state index is 0.00936. The number of amides is 1. The number of thioether (sulfide) groups is 1. The Morgan fingerprint density at radius 1 is 1.08 bits per heavy atom. The summed E-state index contributed by atoms with van der Waals surface area (Å²) in [5, 5.41) is 11.9. The lowest BCUT2D eigenvalue weighted by atomic mass is 10.1.